The van der Waals surface area contributed by atoms with E-state index < -0.39 is 27.9 Å². The predicted octanol–water partition coefficient (Wildman–Crippen LogP) is 3.05. The van der Waals surface area contributed by atoms with Crippen LogP contribution in [0.4, 0.5) is 9.80 Å². The van der Waals surface area contributed by atoms with E-state index in [9.17, 15) is 22.8 Å². The van der Waals surface area contributed by atoms with Crippen molar-refractivity contribution in [3.8, 4) is 0 Å². The van der Waals surface area contributed by atoms with E-state index >= 15 is 0 Å². The lowest BCUT2D eigenvalue weighted by molar-refractivity contribution is 0.0924. The van der Waals surface area contributed by atoms with Gasteiger partial charge in [0.15, 0.2) is 0 Å². The van der Waals surface area contributed by atoms with E-state index in [-0.39, 0.29) is 22.6 Å². The molecule has 194 valence electrons. The average Bonchev–Trinajstić information content (AvgIpc) is 3.52. The minimum Gasteiger partial charge on any atom is -0.450 e. The van der Waals surface area contributed by atoms with Gasteiger partial charge in [0.2, 0.25) is 10.0 Å². The van der Waals surface area contributed by atoms with Crippen LogP contribution in [0.2, 0.25) is 0 Å². The van der Waals surface area contributed by atoms with Crippen molar-refractivity contribution in [2.75, 3.05) is 38.1 Å². The van der Waals surface area contributed by atoms with E-state index in [0.29, 0.717) is 31.1 Å². The summed E-state index contributed by atoms with van der Waals surface area (Å²) in [6.07, 6.45) is 1.45. The van der Waals surface area contributed by atoms with Crippen molar-refractivity contribution in [3.63, 3.8) is 0 Å². The van der Waals surface area contributed by atoms with Gasteiger partial charge in [0.1, 0.15) is 5.00 Å². The highest BCUT2D eigenvalue weighted by atomic mass is 32.2. The van der Waals surface area contributed by atoms with Crippen LogP contribution in [-0.4, -0.2) is 68.3 Å². The number of amides is 3. The van der Waals surface area contributed by atoms with Crippen molar-refractivity contribution in [2.24, 2.45) is 0 Å². The van der Waals surface area contributed by atoms with Crippen molar-refractivity contribution in [2.45, 2.75) is 44.6 Å². The zero-order valence-corrected chi connectivity index (χ0v) is 22.0. The van der Waals surface area contributed by atoms with Gasteiger partial charge in [-0.2, -0.15) is 4.31 Å². The fourth-order valence-corrected chi connectivity index (χ4v) is 7.21. The molecule has 1 fully saturated rings. The van der Waals surface area contributed by atoms with Crippen LogP contribution in [0, 0.1) is 0 Å². The van der Waals surface area contributed by atoms with Gasteiger partial charge in [-0.3, -0.25) is 19.8 Å². The van der Waals surface area contributed by atoms with E-state index in [1.54, 1.807) is 6.92 Å². The summed E-state index contributed by atoms with van der Waals surface area (Å²) in [5.41, 5.74) is 1.34. The van der Waals surface area contributed by atoms with E-state index in [1.807, 2.05) is 0 Å². The highest BCUT2D eigenvalue weighted by Gasteiger charge is 2.30. The lowest BCUT2D eigenvalue weighted by Crippen LogP contribution is -2.34. The van der Waals surface area contributed by atoms with E-state index in [1.165, 1.54) is 39.9 Å². The summed E-state index contributed by atoms with van der Waals surface area (Å²) >= 11 is 1.31. The zero-order chi connectivity index (χ0) is 25.9. The highest BCUT2D eigenvalue weighted by molar-refractivity contribution is 7.89. The summed E-state index contributed by atoms with van der Waals surface area (Å²) < 4.78 is 31.8. The molecule has 2 aromatic rings. The number of hydrogen-bond donors (Lipinski definition) is 2. The molecule has 1 aromatic heterocycles. The van der Waals surface area contributed by atoms with Gasteiger partial charge in [0.05, 0.1) is 17.1 Å². The SMILES string of the molecule is CCOC(=O)NC(=O)c1c(NC(=O)c2ccc(S(=O)(=O)N3CCCC3)cc2)sc2c1CCN(CC)C2. The van der Waals surface area contributed by atoms with Gasteiger partial charge < -0.3 is 10.1 Å². The van der Waals surface area contributed by atoms with Crippen LogP contribution in [0.15, 0.2) is 29.2 Å². The summed E-state index contributed by atoms with van der Waals surface area (Å²) in [4.78, 5) is 41.3. The molecule has 1 saturated heterocycles. The number of carbonyl (C=O) groups is 3. The molecule has 4 rings (SSSR count). The molecule has 2 N–H and O–H groups in total. The molecule has 0 bridgehead atoms. The molecule has 1 aromatic carbocycles. The molecule has 0 radical (unpaired) electrons. The van der Waals surface area contributed by atoms with Gasteiger partial charge >= 0.3 is 6.09 Å². The second kappa shape index (κ2) is 11.1. The van der Waals surface area contributed by atoms with Crippen LogP contribution in [0.3, 0.4) is 0 Å². The Labute approximate surface area is 214 Å². The number of benzene rings is 1. The van der Waals surface area contributed by atoms with Gasteiger partial charge in [-0.1, -0.05) is 6.92 Å². The molecule has 0 atom stereocenters. The molecular formula is C24H30N4O6S2. The van der Waals surface area contributed by atoms with Crippen LogP contribution < -0.4 is 10.6 Å². The summed E-state index contributed by atoms with van der Waals surface area (Å²) in [6.45, 7) is 7.09. The molecule has 3 heterocycles. The Hall–Kier alpha value is -2.80. The van der Waals surface area contributed by atoms with Crippen LogP contribution in [0.5, 0.6) is 0 Å². The Morgan fingerprint density at radius 3 is 2.36 bits per heavy atom. The number of sulfonamides is 1. The Bertz CT molecular complexity index is 1250. The number of nitrogens with zero attached hydrogens (tertiary/aromatic N) is 2. The molecule has 0 spiro atoms. The van der Waals surface area contributed by atoms with Gasteiger partial charge in [-0.15, -0.1) is 11.3 Å². The lowest BCUT2D eigenvalue weighted by atomic mass is 10.0. The van der Waals surface area contributed by atoms with E-state index in [2.05, 4.69) is 22.5 Å². The normalized spacial score (nSPS) is 16.4. The maximum Gasteiger partial charge on any atom is 0.414 e. The first-order valence-electron chi connectivity index (χ1n) is 12.0. The molecule has 3 amide bonds. The Kier molecular flexibility index (Phi) is 8.08. The number of rotatable bonds is 7. The first-order chi connectivity index (χ1) is 17.2. The number of ether oxygens (including phenoxy) is 1. The number of hydrogen-bond acceptors (Lipinski definition) is 8. The van der Waals surface area contributed by atoms with Crippen molar-refractivity contribution >= 4 is 44.3 Å². The number of likely N-dealkylation sites (N-methyl/N-ethyl adjacent to an activating group) is 1. The summed E-state index contributed by atoms with van der Waals surface area (Å²) in [7, 11) is -3.58. The van der Waals surface area contributed by atoms with Crippen molar-refractivity contribution in [3.05, 3.63) is 45.8 Å². The second-order valence-corrected chi connectivity index (χ2v) is 11.6. The molecule has 36 heavy (non-hydrogen) atoms. The summed E-state index contributed by atoms with van der Waals surface area (Å²) in [5.74, 6) is -1.10. The third-order valence-electron chi connectivity index (χ3n) is 6.35. The van der Waals surface area contributed by atoms with E-state index in [0.717, 1.165) is 36.4 Å². The summed E-state index contributed by atoms with van der Waals surface area (Å²) in [6, 6.07) is 5.77. The molecule has 2 aliphatic rings. The monoisotopic (exact) mass is 534 g/mol. The van der Waals surface area contributed by atoms with E-state index in [4.69, 9.17) is 4.74 Å². The second-order valence-electron chi connectivity index (χ2n) is 8.59. The number of carbonyl (C=O) groups excluding carboxylic acids is 3. The van der Waals surface area contributed by atoms with Crippen molar-refractivity contribution in [1.29, 1.82) is 0 Å². The fraction of sp³-hybridized carbons (Fsp3) is 0.458. The van der Waals surface area contributed by atoms with Crippen LogP contribution in [-0.2, 0) is 27.7 Å². The number of thiophene rings is 1. The van der Waals surface area contributed by atoms with Crippen molar-refractivity contribution in [1.82, 2.24) is 14.5 Å². The van der Waals surface area contributed by atoms with Crippen LogP contribution in [0.25, 0.3) is 0 Å². The topological polar surface area (TPSA) is 125 Å². The highest BCUT2D eigenvalue weighted by Crippen LogP contribution is 2.37. The minimum absolute atomic E-state index is 0.124. The fourth-order valence-electron chi connectivity index (χ4n) is 4.41. The van der Waals surface area contributed by atoms with Gasteiger partial charge in [-0.25, -0.2) is 13.2 Å². The number of nitrogens with one attached hydrogen (secondary N) is 2. The smallest absolute Gasteiger partial charge is 0.414 e. The number of fused-ring (bicyclic) bond motifs is 1. The third-order valence-corrected chi connectivity index (χ3v) is 9.39. The number of imide groups is 1. The number of alkyl carbamates (subject to hydrolysis) is 1. The number of anilines is 1. The Balaban J connectivity index is 1.57. The first kappa shape index (κ1) is 26.3. The quantitative estimate of drug-likeness (QED) is 0.559. The lowest BCUT2D eigenvalue weighted by Gasteiger charge is -2.25. The minimum atomic E-state index is -3.58. The standard InChI is InChI=1S/C24H30N4O6S2/c1-3-27-14-11-18-19(15-27)35-23(20(18)22(30)26-24(31)34-4-2)25-21(29)16-7-9-17(10-8-16)36(32,33)28-12-5-6-13-28/h7-10H,3-6,11-15H2,1-2H3,(H,25,29)(H,26,30,31). The first-order valence-corrected chi connectivity index (χ1v) is 14.3. The largest absolute Gasteiger partial charge is 0.450 e. The summed E-state index contributed by atoms with van der Waals surface area (Å²) in [5, 5.41) is 5.38. The average molecular weight is 535 g/mol. The molecular weight excluding hydrogens is 504 g/mol. The van der Waals surface area contributed by atoms with Gasteiger partial charge in [0.25, 0.3) is 11.8 Å². The van der Waals surface area contributed by atoms with Crippen LogP contribution in [0.1, 0.15) is 57.8 Å². The van der Waals surface area contributed by atoms with Gasteiger partial charge in [-0.05, 0) is 62.6 Å². The predicted molar refractivity (Wildman–Crippen MR) is 136 cm³/mol. The molecule has 0 saturated carbocycles. The molecule has 0 unspecified atom stereocenters. The maximum absolute atomic E-state index is 13.1. The molecule has 10 nitrogen and oxygen atoms in total. The molecule has 2 aliphatic heterocycles. The van der Waals surface area contributed by atoms with Crippen LogP contribution >= 0.6 is 11.3 Å². The molecule has 0 aliphatic carbocycles. The zero-order valence-electron chi connectivity index (χ0n) is 20.3. The Morgan fingerprint density at radius 2 is 1.72 bits per heavy atom. The Morgan fingerprint density at radius 1 is 1.03 bits per heavy atom. The third kappa shape index (κ3) is 5.46. The maximum atomic E-state index is 13.1. The molecule has 12 heteroatoms. The van der Waals surface area contributed by atoms with Gasteiger partial charge in [0, 0.05) is 36.6 Å². The van der Waals surface area contributed by atoms with Crippen molar-refractivity contribution < 1.29 is 27.5 Å².